The van der Waals surface area contributed by atoms with E-state index in [-0.39, 0.29) is 5.91 Å². The fourth-order valence-electron chi connectivity index (χ4n) is 2.85. The maximum Gasteiger partial charge on any atom is 0.247 e. The number of piperazine rings is 1. The lowest BCUT2D eigenvalue weighted by Gasteiger charge is -2.46. The lowest BCUT2D eigenvalue weighted by Crippen LogP contribution is -2.62. The second kappa shape index (κ2) is 6.36. The number of nitrogens with zero attached hydrogens (tertiary/aromatic N) is 2. The highest BCUT2D eigenvalue weighted by Gasteiger charge is 2.41. The van der Waals surface area contributed by atoms with E-state index >= 15 is 0 Å². The highest BCUT2D eigenvalue weighted by atomic mass is 79.9. The van der Waals surface area contributed by atoms with Crippen LogP contribution in [-0.2, 0) is 11.3 Å². The Hall–Kier alpha value is -1.07. The number of benzene rings is 1. The molecular weight excluding hydrogens is 330 g/mol. The number of hydrogen-bond acceptors (Lipinski definition) is 3. The molecule has 1 aromatic carbocycles. The third-order valence-corrected chi connectivity index (χ3v) is 4.59. The van der Waals surface area contributed by atoms with Crippen LogP contribution in [0.4, 0.5) is 5.69 Å². The molecule has 0 bridgehead atoms. The molecule has 0 saturated carbocycles. The predicted octanol–water partition coefficient (Wildman–Crippen LogP) is 2.62. The van der Waals surface area contributed by atoms with Gasteiger partial charge in [0.2, 0.25) is 5.91 Å². The minimum atomic E-state index is -0.512. The van der Waals surface area contributed by atoms with Gasteiger partial charge in [-0.2, -0.15) is 0 Å². The van der Waals surface area contributed by atoms with E-state index in [0.717, 1.165) is 36.3 Å². The molecule has 1 heterocycles. The normalized spacial score (nSPS) is 18.2. The first-order chi connectivity index (χ1) is 9.87. The molecule has 116 valence electrons. The molecule has 5 heteroatoms. The molecule has 0 atom stereocenters. The minimum Gasteiger partial charge on any atom is -0.355 e. The second-order valence-electron chi connectivity index (χ2n) is 5.99. The second-order valence-corrected chi connectivity index (χ2v) is 6.91. The van der Waals surface area contributed by atoms with Crippen molar-refractivity contribution in [2.45, 2.75) is 32.9 Å². The zero-order valence-electron chi connectivity index (χ0n) is 13.2. The topological polar surface area (TPSA) is 35.6 Å². The van der Waals surface area contributed by atoms with Crippen LogP contribution in [0.5, 0.6) is 0 Å². The van der Waals surface area contributed by atoms with Gasteiger partial charge in [-0.05, 0) is 44.2 Å². The van der Waals surface area contributed by atoms with Crippen LogP contribution < -0.4 is 10.2 Å². The monoisotopic (exact) mass is 353 g/mol. The third-order valence-electron chi connectivity index (χ3n) is 4.10. The van der Waals surface area contributed by atoms with Gasteiger partial charge >= 0.3 is 0 Å². The molecule has 0 radical (unpaired) electrons. The molecule has 1 fully saturated rings. The summed E-state index contributed by atoms with van der Waals surface area (Å²) in [4.78, 5) is 16.5. The summed E-state index contributed by atoms with van der Waals surface area (Å²) in [7, 11) is 1.88. The highest BCUT2D eigenvalue weighted by molar-refractivity contribution is 9.10. The smallest absolute Gasteiger partial charge is 0.247 e. The summed E-state index contributed by atoms with van der Waals surface area (Å²) in [5.74, 6) is 0.172. The maximum absolute atomic E-state index is 12.5. The van der Waals surface area contributed by atoms with Gasteiger partial charge in [0.1, 0.15) is 5.54 Å². The number of hydrogen-bond donors (Lipinski definition) is 1. The Kier molecular flexibility index (Phi) is 4.94. The number of carbonyl (C=O) groups excluding carboxylic acids is 1. The van der Waals surface area contributed by atoms with Crippen LogP contribution in [0.2, 0.25) is 0 Å². The van der Waals surface area contributed by atoms with Crippen molar-refractivity contribution in [2.75, 3.05) is 31.6 Å². The van der Waals surface area contributed by atoms with Gasteiger partial charge in [0.05, 0.1) is 0 Å². The molecule has 21 heavy (non-hydrogen) atoms. The van der Waals surface area contributed by atoms with Gasteiger partial charge in [-0.1, -0.05) is 22.9 Å². The van der Waals surface area contributed by atoms with E-state index in [4.69, 9.17) is 0 Å². The average molecular weight is 354 g/mol. The molecular formula is C16H24BrN3O. The largest absolute Gasteiger partial charge is 0.355 e. The number of anilines is 1. The van der Waals surface area contributed by atoms with Crippen molar-refractivity contribution in [3.63, 3.8) is 0 Å². The number of likely N-dealkylation sites (N-methyl/N-ethyl adjacent to an activating group) is 1. The van der Waals surface area contributed by atoms with E-state index in [1.807, 2.05) is 31.9 Å². The van der Waals surface area contributed by atoms with Crippen molar-refractivity contribution >= 4 is 27.5 Å². The Balaban J connectivity index is 2.38. The zero-order valence-corrected chi connectivity index (χ0v) is 14.8. The van der Waals surface area contributed by atoms with Crippen molar-refractivity contribution < 1.29 is 4.79 Å². The van der Waals surface area contributed by atoms with E-state index in [1.165, 1.54) is 5.56 Å². The Morgan fingerprint density at radius 3 is 2.71 bits per heavy atom. The van der Waals surface area contributed by atoms with Crippen molar-refractivity contribution in [1.29, 1.82) is 0 Å². The van der Waals surface area contributed by atoms with Crippen LogP contribution in [0.3, 0.4) is 0 Å². The van der Waals surface area contributed by atoms with E-state index < -0.39 is 5.54 Å². The van der Waals surface area contributed by atoms with Gasteiger partial charge in [-0.15, -0.1) is 0 Å². The first-order valence-corrected chi connectivity index (χ1v) is 8.19. The summed E-state index contributed by atoms with van der Waals surface area (Å²) in [6.07, 6.45) is 0. The van der Waals surface area contributed by atoms with Gasteiger partial charge in [-0.3, -0.25) is 4.79 Å². The molecule has 1 aliphatic heterocycles. The minimum absolute atomic E-state index is 0.172. The van der Waals surface area contributed by atoms with E-state index in [0.29, 0.717) is 0 Å². The zero-order chi connectivity index (χ0) is 15.6. The van der Waals surface area contributed by atoms with E-state index in [9.17, 15) is 4.79 Å². The van der Waals surface area contributed by atoms with Crippen LogP contribution in [0.15, 0.2) is 22.7 Å². The van der Waals surface area contributed by atoms with Crippen LogP contribution in [0, 0.1) is 0 Å². The van der Waals surface area contributed by atoms with Crippen LogP contribution in [0.25, 0.3) is 0 Å². The van der Waals surface area contributed by atoms with Crippen LogP contribution in [0.1, 0.15) is 26.3 Å². The standard InChI is InChI=1S/C16H24BrN3O/c1-5-18-11-12-10-13(17)6-7-14(12)20-9-8-19(4)15(21)16(20,2)3/h6-7,10,18H,5,8-9,11H2,1-4H3. The van der Waals surface area contributed by atoms with E-state index in [1.54, 1.807) is 0 Å². The fraction of sp³-hybridized carbons (Fsp3) is 0.562. The average Bonchev–Trinajstić information content (AvgIpc) is 2.44. The molecule has 0 aromatic heterocycles. The van der Waals surface area contributed by atoms with Gasteiger partial charge in [0.15, 0.2) is 0 Å². The quantitative estimate of drug-likeness (QED) is 0.903. The Labute approximate surface area is 135 Å². The maximum atomic E-state index is 12.5. The summed E-state index contributed by atoms with van der Waals surface area (Å²) in [5.41, 5.74) is 1.85. The summed E-state index contributed by atoms with van der Waals surface area (Å²) in [6, 6.07) is 6.29. The van der Waals surface area contributed by atoms with Crippen molar-refractivity contribution in [3.8, 4) is 0 Å². The number of halogens is 1. The van der Waals surface area contributed by atoms with Gasteiger partial charge in [0, 0.05) is 36.8 Å². The highest BCUT2D eigenvalue weighted by Crippen LogP contribution is 2.32. The molecule has 1 aromatic rings. The molecule has 0 unspecified atom stereocenters. The molecule has 1 N–H and O–H groups in total. The summed E-state index contributed by atoms with van der Waals surface area (Å²) in [6.45, 7) is 9.46. The van der Waals surface area contributed by atoms with Crippen LogP contribution in [-0.4, -0.2) is 43.0 Å². The molecule has 1 aliphatic rings. The summed E-state index contributed by atoms with van der Waals surface area (Å²) < 4.78 is 1.07. The summed E-state index contributed by atoms with van der Waals surface area (Å²) in [5, 5.41) is 3.38. The number of nitrogens with one attached hydrogen (secondary N) is 1. The first kappa shape index (κ1) is 16.3. The molecule has 1 amide bonds. The summed E-state index contributed by atoms with van der Waals surface area (Å²) >= 11 is 3.54. The molecule has 0 aliphatic carbocycles. The molecule has 2 rings (SSSR count). The SMILES string of the molecule is CCNCc1cc(Br)ccc1N1CCN(C)C(=O)C1(C)C. The van der Waals surface area contributed by atoms with Gasteiger partial charge in [0.25, 0.3) is 0 Å². The van der Waals surface area contributed by atoms with Crippen molar-refractivity contribution in [3.05, 3.63) is 28.2 Å². The Morgan fingerprint density at radius 2 is 2.05 bits per heavy atom. The Bertz CT molecular complexity index is 530. The number of amides is 1. The van der Waals surface area contributed by atoms with Gasteiger partial charge < -0.3 is 15.1 Å². The fourth-order valence-corrected chi connectivity index (χ4v) is 3.26. The van der Waals surface area contributed by atoms with Crippen LogP contribution >= 0.6 is 15.9 Å². The molecule has 0 spiro atoms. The lowest BCUT2D eigenvalue weighted by molar-refractivity contribution is -0.136. The predicted molar refractivity (Wildman–Crippen MR) is 90.6 cm³/mol. The Morgan fingerprint density at radius 1 is 1.33 bits per heavy atom. The van der Waals surface area contributed by atoms with Crippen molar-refractivity contribution in [1.82, 2.24) is 10.2 Å². The van der Waals surface area contributed by atoms with Crippen molar-refractivity contribution in [2.24, 2.45) is 0 Å². The number of carbonyl (C=O) groups is 1. The third kappa shape index (κ3) is 3.24. The number of rotatable bonds is 4. The van der Waals surface area contributed by atoms with Gasteiger partial charge in [-0.25, -0.2) is 0 Å². The first-order valence-electron chi connectivity index (χ1n) is 7.40. The molecule has 4 nitrogen and oxygen atoms in total. The van der Waals surface area contributed by atoms with E-state index in [2.05, 4.69) is 45.2 Å². The lowest BCUT2D eigenvalue weighted by atomic mass is 9.95. The molecule has 1 saturated heterocycles.